The maximum Gasteiger partial charge on any atom is 0.149 e. The van der Waals surface area contributed by atoms with E-state index in [-0.39, 0.29) is 0 Å². The maximum atomic E-state index is 5.89. The van der Waals surface area contributed by atoms with Crippen LogP contribution in [0.3, 0.4) is 0 Å². The summed E-state index contributed by atoms with van der Waals surface area (Å²) in [5.41, 5.74) is 0. The van der Waals surface area contributed by atoms with Gasteiger partial charge in [0.25, 0.3) is 0 Å². The average molecular weight is 267 g/mol. The number of nitrogens with zero attached hydrogens (tertiary/aromatic N) is 4. The molecule has 0 amide bonds. The van der Waals surface area contributed by atoms with Crippen LogP contribution in [0.5, 0.6) is 0 Å². The Balaban J connectivity index is 1.59. The topological polar surface area (TPSA) is 32.3 Å². The molecule has 1 aromatic heterocycles. The van der Waals surface area contributed by atoms with Crippen molar-refractivity contribution in [1.29, 1.82) is 0 Å². The maximum absolute atomic E-state index is 5.89. The van der Waals surface area contributed by atoms with Crippen molar-refractivity contribution < 1.29 is 0 Å². The molecule has 0 radical (unpaired) electrons. The predicted molar refractivity (Wildman–Crippen MR) is 73.1 cm³/mol. The van der Waals surface area contributed by atoms with E-state index in [0.29, 0.717) is 5.15 Å². The lowest BCUT2D eigenvalue weighted by Gasteiger charge is -2.38. The second-order valence-corrected chi connectivity index (χ2v) is 5.55. The number of piperazine rings is 1. The van der Waals surface area contributed by atoms with Gasteiger partial charge in [0.1, 0.15) is 11.0 Å². The highest BCUT2D eigenvalue weighted by atomic mass is 35.5. The minimum atomic E-state index is 0.478. The number of rotatable bonds is 2. The third-order valence-corrected chi connectivity index (χ3v) is 4.25. The van der Waals surface area contributed by atoms with E-state index in [0.717, 1.165) is 38.0 Å². The first-order valence-electron chi connectivity index (χ1n) is 6.79. The smallest absolute Gasteiger partial charge is 0.149 e. The van der Waals surface area contributed by atoms with Crippen LogP contribution in [0.15, 0.2) is 12.4 Å². The Morgan fingerprint density at radius 1 is 1.06 bits per heavy atom. The molecular weight excluding hydrogens is 248 g/mol. The van der Waals surface area contributed by atoms with Crippen molar-refractivity contribution in [2.45, 2.75) is 31.7 Å². The molecule has 1 saturated carbocycles. The van der Waals surface area contributed by atoms with Crippen LogP contribution >= 0.6 is 11.6 Å². The molecule has 0 aromatic carbocycles. The number of halogens is 1. The summed E-state index contributed by atoms with van der Waals surface area (Å²) in [4.78, 5) is 13.4. The van der Waals surface area contributed by atoms with Crippen molar-refractivity contribution in [2.75, 3.05) is 31.1 Å². The van der Waals surface area contributed by atoms with Crippen molar-refractivity contribution in [1.82, 2.24) is 14.9 Å². The van der Waals surface area contributed by atoms with Crippen molar-refractivity contribution in [3.63, 3.8) is 0 Å². The number of hydrogen-bond acceptors (Lipinski definition) is 4. The Kier molecular flexibility index (Phi) is 3.66. The summed E-state index contributed by atoms with van der Waals surface area (Å²) in [5, 5.41) is 0.478. The molecule has 3 rings (SSSR count). The fraction of sp³-hybridized carbons (Fsp3) is 0.692. The molecule has 2 aliphatic rings. The molecule has 4 nitrogen and oxygen atoms in total. The van der Waals surface area contributed by atoms with Gasteiger partial charge >= 0.3 is 0 Å². The zero-order valence-corrected chi connectivity index (χ0v) is 11.3. The Hall–Kier alpha value is -0.870. The summed E-state index contributed by atoms with van der Waals surface area (Å²) < 4.78 is 0. The van der Waals surface area contributed by atoms with Crippen molar-refractivity contribution >= 4 is 17.4 Å². The first-order chi connectivity index (χ1) is 8.83. The van der Waals surface area contributed by atoms with E-state index in [2.05, 4.69) is 19.8 Å². The van der Waals surface area contributed by atoms with E-state index in [1.165, 1.54) is 25.7 Å². The quantitative estimate of drug-likeness (QED) is 0.822. The Morgan fingerprint density at radius 2 is 1.78 bits per heavy atom. The van der Waals surface area contributed by atoms with Crippen LogP contribution in [0, 0.1) is 0 Å². The van der Waals surface area contributed by atoms with Gasteiger partial charge in [0.05, 0.1) is 12.4 Å². The Labute approximate surface area is 113 Å². The van der Waals surface area contributed by atoms with E-state index in [1.54, 1.807) is 12.4 Å². The van der Waals surface area contributed by atoms with Gasteiger partial charge < -0.3 is 4.90 Å². The molecule has 0 N–H and O–H groups in total. The van der Waals surface area contributed by atoms with Crippen molar-refractivity contribution in [3.05, 3.63) is 17.5 Å². The summed E-state index contributed by atoms with van der Waals surface area (Å²) >= 11 is 5.89. The fourth-order valence-electron chi connectivity index (χ4n) is 3.07. The van der Waals surface area contributed by atoms with Gasteiger partial charge in [-0.2, -0.15) is 0 Å². The van der Waals surface area contributed by atoms with Crippen LogP contribution in [-0.4, -0.2) is 47.1 Å². The van der Waals surface area contributed by atoms with E-state index in [4.69, 9.17) is 11.6 Å². The van der Waals surface area contributed by atoms with Gasteiger partial charge in [-0.3, -0.25) is 9.88 Å². The van der Waals surface area contributed by atoms with Crippen LogP contribution in [-0.2, 0) is 0 Å². The summed E-state index contributed by atoms with van der Waals surface area (Å²) in [7, 11) is 0. The van der Waals surface area contributed by atoms with Gasteiger partial charge in [-0.1, -0.05) is 24.4 Å². The fourth-order valence-corrected chi connectivity index (χ4v) is 3.21. The number of aromatic nitrogens is 2. The first-order valence-corrected chi connectivity index (χ1v) is 7.17. The van der Waals surface area contributed by atoms with Gasteiger partial charge in [-0.15, -0.1) is 0 Å². The van der Waals surface area contributed by atoms with Crippen molar-refractivity contribution in [3.8, 4) is 0 Å². The molecule has 2 heterocycles. The zero-order chi connectivity index (χ0) is 12.4. The second-order valence-electron chi connectivity index (χ2n) is 5.16. The zero-order valence-electron chi connectivity index (χ0n) is 10.6. The highest BCUT2D eigenvalue weighted by Crippen LogP contribution is 2.25. The third kappa shape index (κ3) is 2.59. The summed E-state index contributed by atoms with van der Waals surface area (Å²) in [6.45, 7) is 4.34. The molecule has 0 bridgehead atoms. The molecule has 1 aliphatic heterocycles. The third-order valence-electron chi connectivity index (χ3n) is 4.07. The van der Waals surface area contributed by atoms with E-state index in [9.17, 15) is 0 Å². The molecule has 1 saturated heterocycles. The monoisotopic (exact) mass is 266 g/mol. The molecule has 1 aliphatic carbocycles. The first kappa shape index (κ1) is 12.2. The van der Waals surface area contributed by atoms with Gasteiger partial charge in [-0.05, 0) is 12.8 Å². The standard InChI is InChI=1S/C13H19ClN4/c14-12-9-15-10-13(16-12)18-7-5-17(6-8-18)11-3-1-2-4-11/h9-11H,1-8H2. The lowest BCUT2D eigenvalue weighted by molar-refractivity contribution is 0.187. The summed E-state index contributed by atoms with van der Waals surface area (Å²) in [6, 6.07) is 0.831. The van der Waals surface area contributed by atoms with E-state index >= 15 is 0 Å². The predicted octanol–water partition coefficient (Wildman–Crippen LogP) is 2.19. The van der Waals surface area contributed by atoms with Crippen LogP contribution in [0.25, 0.3) is 0 Å². The molecule has 0 unspecified atom stereocenters. The van der Waals surface area contributed by atoms with E-state index in [1.807, 2.05) is 0 Å². The summed E-state index contributed by atoms with van der Waals surface area (Å²) in [6.07, 6.45) is 8.97. The Bertz CT molecular complexity index is 398. The van der Waals surface area contributed by atoms with Gasteiger partial charge in [0.15, 0.2) is 0 Å². The summed E-state index contributed by atoms with van der Waals surface area (Å²) in [5.74, 6) is 0.911. The number of hydrogen-bond donors (Lipinski definition) is 0. The second kappa shape index (κ2) is 5.41. The highest BCUT2D eigenvalue weighted by molar-refractivity contribution is 6.29. The number of anilines is 1. The van der Waals surface area contributed by atoms with E-state index < -0.39 is 0 Å². The minimum Gasteiger partial charge on any atom is -0.353 e. The average Bonchev–Trinajstić information content (AvgIpc) is 2.93. The van der Waals surface area contributed by atoms with Crippen LogP contribution in [0.1, 0.15) is 25.7 Å². The van der Waals surface area contributed by atoms with Gasteiger partial charge in [0.2, 0.25) is 0 Å². The normalized spacial score (nSPS) is 22.6. The SMILES string of the molecule is Clc1cncc(N2CCN(C3CCCC3)CC2)n1. The molecule has 98 valence electrons. The van der Waals surface area contributed by atoms with Crippen molar-refractivity contribution in [2.24, 2.45) is 0 Å². The van der Waals surface area contributed by atoms with Crippen LogP contribution in [0.4, 0.5) is 5.82 Å². The molecule has 18 heavy (non-hydrogen) atoms. The molecule has 5 heteroatoms. The molecular formula is C13H19ClN4. The highest BCUT2D eigenvalue weighted by Gasteiger charge is 2.26. The van der Waals surface area contributed by atoms with Gasteiger partial charge in [0, 0.05) is 32.2 Å². The minimum absolute atomic E-state index is 0.478. The Morgan fingerprint density at radius 3 is 2.44 bits per heavy atom. The van der Waals surface area contributed by atoms with Gasteiger partial charge in [-0.25, -0.2) is 4.98 Å². The molecule has 1 aromatic rings. The lowest BCUT2D eigenvalue weighted by Crippen LogP contribution is -2.50. The molecule has 0 spiro atoms. The van der Waals surface area contributed by atoms with Crippen LogP contribution < -0.4 is 4.90 Å². The molecule has 0 atom stereocenters. The lowest BCUT2D eigenvalue weighted by atomic mass is 10.2. The van der Waals surface area contributed by atoms with Crippen LogP contribution in [0.2, 0.25) is 5.15 Å². The molecule has 2 fully saturated rings. The largest absolute Gasteiger partial charge is 0.353 e.